The molecule has 0 radical (unpaired) electrons. The number of hydrogen-bond donors (Lipinski definition) is 2. The molecule has 2 heterocycles. The van der Waals surface area contributed by atoms with Crippen LogP contribution in [0, 0.1) is 11.5 Å². The van der Waals surface area contributed by atoms with Gasteiger partial charge in [-0.05, 0) is 62.2 Å². The molecule has 0 bridgehead atoms. The van der Waals surface area contributed by atoms with Gasteiger partial charge in [0, 0.05) is 18.7 Å². The highest BCUT2D eigenvalue weighted by molar-refractivity contribution is 7.48. The third-order valence-electron chi connectivity index (χ3n) is 11.0. The van der Waals surface area contributed by atoms with E-state index in [1.807, 2.05) is 6.07 Å². The third kappa shape index (κ3) is 21.2. The highest BCUT2D eigenvalue weighted by Gasteiger charge is 2.37. The van der Waals surface area contributed by atoms with E-state index in [1.165, 1.54) is 117 Å². The van der Waals surface area contributed by atoms with Gasteiger partial charge in [0.25, 0.3) is 6.26 Å². The summed E-state index contributed by atoms with van der Waals surface area (Å²) in [4.78, 5) is 4.03. The number of rotatable bonds is 37. The van der Waals surface area contributed by atoms with Crippen LogP contribution in [0.4, 0.5) is 5.82 Å². The number of nitriles is 1. The zero-order valence-electron chi connectivity index (χ0n) is 39.8. The normalized spacial score (nSPS) is 14.1. The van der Waals surface area contributed by atoms with E-state index in [2.05, 4.69) is 17.0 Å². The number of hydrogen-bond acceptors (Lipinski definition) is 14. The Balaban J connectivity index is 1.38. The van der Waals surface area contributed by atoms with Crippen molar-refractivity contribution in [3.8, 4) is 17.8 Å². The molecular weight excluding hydrogens is 920 g/mol. The van der Waals surface area contributed by atoms with E-state index in [1.54, 1.807) is 53.2 Å². The lowest BCUT2D eigenvalue weighted by molar-refractivity contribution is -0.226. The van der Waals surface area contributed by atoms with E-state index in [9.17, 15) is 14.9 Å². The number of unbranched alkanes of at least 4 members (excludes halogenated alkanes) is 15. The number of nitrogens with zero attached hydrogens (tertiary/aromatic N) is 4. The van der Waals surface area contributed by atoms with Gasteiger partial charge in [-0.1, -0.05) is 145 Å². The summed E-state index contributed by atoms with van der Waals surface area (Å²) in [5.74, 6) is -0.889. The minimum atomic E-state index is -4.61. The van der Waals surface area contributed by atoms with Crippen molar-refractivity contribution in [1.82, 2.24) is 14.6 Å². The van der Waals surface area contributed by atoms with Crippen LogP contribution in [0.25, 0.3) is 5.52 Å². The van der Waals surface area contributed by atoms with Crippen molar-refractivity contribution in [2.24, 2.45) is 0 Å². The molecule has 4 rings (SSSR count). The Morgan fingerprint density at radius 1 is 0.821 bits per heavy atom. The molecule has 0 aliphatic heterocycles. The molecule has 4 atom stereocenters. The van der Waals surface area contributed by atoms with E-state index in [0.717, 1.165) is 24.8 Å². The zero-order chi connectivity index (χ0) is 48.3. The number of phosphoric ester groups is 1. The second-order valence-corrected chi connectivity index (χ2v) is 19.6. The summed E-state index contributed by atoms with van der Waals surface area (Å²) >= 11 is 12.9. The van der Waals surface area contributed by atoms with Crippen molar-refractivity contribution in [1.29, 1.82) is 5.26 Å². The van der Waals surface area contributed by atoms with Crippen LogP contribution in [0.2, 0.25) is 10.0 Å². The molecule has 0 aliphatic carbocycles. The Morgan fingerprint density at radius 3 is 2.07 bits per heavy atom. The lowest BCUT2D eigenvalue weighted by Gasteiger charge is -2.31. The lowest BCUT2D eigenvalue weighted by atomic mass is 10.0. The fourth-order valence-corrected chi connectivity index (χ4v) is 9.23. The monoisotopic (exact) mass is 991 g/mol. The van der Waals surface area contributed by atoms with Crippen molar-refractivity contribution < 1.29 is 46.9 Å². The molecule has 0 saturated heterocycles. The van der Waals surface area contributed by atoms with Gasteiger partial charge >= 0.3 is 7.82 Å². The van der Waals surface area contributed by atoms with Crippen molar-refractivity contribution >= 4 is 42.4 Å². The van der Waals surface area contributed by atoms with Crippen LogP contribution in [0.15, 0.2) is 60.9 Å². The fraction of sp³-hybridized carbons (Fsp3) is 0.612. The number of ether oxygens (including phenoxy) is 5. The summed E-state index contributed by atoms with van der Waals surface area (Å²) in [5.41, 5.74) is 7.96. The first kappa shape index (κ1) is 55.9. The number of aliphatic hydroxyl groups is 1. The van der Waals surface area contributed by atoms with Gasteiger partial charge in [0.1, 0.15) is 42.2 Å². The van der Waals surface area contributed by atoms with E-state index < -0.39 is 38.5 Å². The maximum absolute atomic E-state index is 14.7. The van der Waals surface area contributed by atoms with Crippen LogP contribution in [0.3, 0.4) is 0 Å². The standard InChI is InChI=1S/C49H72Cl2N5O10P/c1-5-6-7-8-9-10-11-12-13-14-15-16-17-18-19-22-29-60-33-40(61-32-38-25-28-44(59-4)42(51)30-38)34-63-67(58,66-45-24-21-20-23-41(45)50)64-35-47(62-36-52)46(65-49(2,3)57)31-39-26-27-43-48(53)54-37-55-56(39)43/h20-21,23-28,30,37,40,46-47,57H,5-19,22,29,31-35H2,1-4H3,(H2,53,54,55)/t40-,46+,47-,67?/m1/s1. The van der Waals surface area contributed by atoms with Gasteiger partial charge in [0.05, 0.1) is 37.0 Å². The molecule has 18 heteroatoms. The van der Waals surface area contributed by atoms with Gasteiger partial charge in [0.15, 0.2) is 17.7 Å². The summed E-state index contributed by atoms with van der Waals surface area (Å²) in [6.45, 7) is 5.00. The number of anilines is 1. The highest BCUT2D eigenvalue weighted by Crippen LogP contribution is 2.51. The Morgan fingerprint density at radius 2 is 1.46 bits per heavy atom. The molecule has 0 amide bonds. The molecule has 0 fully saturated rings. The average Bonchev–Trinajstić information content (AvgIpc) is 3.71. The summed E-state index contributed by atoms with van der Waals surface area (Å²) in [5, 5.41) is 25.4. The number of nitrogens with two attached hydrogens (primary N) is 1. The van der Waals surface area contributed by atoms with Gasteiger partial charge in [-0.3, -0.25) is 9.05 Å². The molecule has 0 spiro atoms. The minimum absolute atomic E-state index is 0.0246. The van der Waals surface area contributed by atoms with Crippen molar-refractivity contribution in [3.63, 3.8) is 0 Å². The molecule has 0 aliphatic rings. The van der Waals surface area contributed by atoms with Crippen LogP contribution in [-0.4, -0.2) is 77.3 Å². The maximum atomic E-state index is 14.7. The van der Waals surface area contributed by atoms with Crippen molar-refractivity contribution in [3.05, 3.63) is 82.2 Å². The number of halogens is 2. The Kier molecular flexibility index (Phi) is 25.6. The van der Waals surface area contributed by atoms with Gasteiger partial charge in [-0.15, -0.1) is 0 Å². The van der Waals surface area contributed by atoms with E-state index in [4.69, 9.17) is 66.2 Å². The van der Waals surface area contributed by atoms with Crippen molar-refractivity contribution in [2.45, 2.75) is 161 Å². The third-order valence-corrected chi connectivity index (χ3v) is 13.0. The molecule has 0 saturated carbocycles. The molecule has 1 unspecified atom stereocenters. The minimum Gasteiger partial charge on any atom is -0.495 e. The Hall–Kier alpha value is -3.68. The van der Waals surface area contributed by atoms with Gasteiger partial charge in [-0.25, -0.2) is 14.1 Å². The molecule has 15 nitrogen and oxygen atoms in total. The number of para-hydroxylation sites is 1. The first-order chi connectivity index (χ1) is 32.3. The number of fused-ring (bicyclic) bond motifs is 1. The lowest BCUT2D eigenvalue weighted by Crippen LogP contribution is -2.42. The Bertz CT molecular complexity index is 2100. The number of nitrogen functional groups attached to an aromatic ring is 1. The van der Waals surface area contributed by atoms with Crippen molar-refractivity contribution in [2.75, 3.05) is 39.3 Å². The summed E-state index contributed by atoms with van der Waals surface area (Å²) < 4.78 is 63.3. The molecule has 2 aromatic carbocycles. The van der Waals surface area contributed by atoms with Gasteiger partial charge in [-0.2, -0.15) is 10.4 Å². The zero-order valence-corrected chi connectivity index (χ0v) is 42.2. The fourth-order valence-electron chi connectivity index (χ4n) is 7.47. The van der Waals surface area contributed by atoms with Crippen LogP contribution >= 0.6 is 31.0 Å². The highest BCUT2D eigenvalue weighted by atomic mass is 35.5. The first-order valence-electron chi connectivity index (χ1n) is 23.7. The van der Waals surface area contributed by atoms with Gasteiger partial charge < -0.3 is 39.0 Å². The summed E-state index contributed by atoms with van der Waals surface area (Å²) in [6, 6.07) is 15.2. The summed E-state index contributed by atoms with van der Waals surface area (Å²) in [7, 11) is -3.07. The SMILES string of the molecule is CCCCCCCCCCCCCCCCCCOC[C@H](COP(=O)(OC[C@@H](OC#N)[C@H](Cc1ccc2c(N)ncnn12)OC(C)(C)O)Oc1ccccc1Cl)OCc1ccc(OC)c(Cl)c1. The molecule has 3 N–H and O–H groups in total. The number of phosphoric acid groups is 1. The molecule has 4 aromatic rings. The topological polar surface area (TPSA) is 191 Å². The van der Waals surface area contributed by atoms with Crippen LogP contribution in [0.5, 0.6) is 11.5 Å². The first-order valence-corrected chi connectivity index (χ1v) is 25.9. The second kappa shape index (κ2) is 30.7. The molecule has 67 heavy (non-hydrogen) atoms. The number of aromatic nitrogens is 3. The number of methoxy groups -OCH3 is 1. The molecule has 372 valence electrons. The average molecular weight is 993 g/mol. The summed E-state index contributed by atoms with van der Waals surface area (Å²) in [6.07, 6.45) is 20.4. The predicted molar refractivity (Wildman–Crippen MR) is 261 cm³/mol. The Labute approximate surface area is 407 Å². The van der Waals surface area contributed by atoms with Crippen LogP contribution < -0.4 is 15.0 Å². The van der Waals surface area contributed by atoms with E-state index in [0.29, 0.717) is 28.6 Å². The van der Waals surface area contributed by atoms with Crippen LogP contribution in [0.1, 0.15) is 135 Å². The van der Waals surface area contributed by atoms with E-state index in [-0.39, 0.29) is 42.8 Å². The number of benzene rings is 2. The predicted octanol–water partition coefficient (Wildman–Crippen LogP) is 12.2. The second-order valence-electron chi connectivity index (χ2n) is 17.2. The van der Waals surface area contributed by atoms with E-state index >= 15 is 0 Å². The quantitative estimate of drug-likeness (QED) is 0.0188. The van der Waals surface area contributed by atoms with Crippen LogP contribution in [-0.2, 0) is 45.6 Å². The molecule has 2 aromatic heterocycles. The largest absolute Gasteiger partial charge is 0.530 e. The smallest absolute Gasteiger partial charge is 0.495 e. The maximum Gasteiger partial charge on any atom is 0.530 e. The van der Waals surface area contributed by atoms with Gasteiger partial charge in [0.2, 0.25) is 0 Å². The molecular formula is C49H72Cl2N5O10P.